The smallest absolute Gasteiger partial charge is 0.245 e. The Morgan fingerprint density at radius 3 is 1.90 bits per heavy atom. The van der Waals surface area contributed by atoms with Crippen LogP contribution in [0.3, 0.4) is 0 Å². The van der Waals surface area contributed by atoms with Gasteiger partial charge in [0.1, 0.15) is 36.6 Å². The molecule has 1 aliphatic carbocycles. The molecule has 0 heterocycles. The van der Waals surface area contributed by atoms with E-state index in [9.17, 15) is 35.5 Å². The molecule has 1 unspecified atom stereocenters. The summed E-state index contributed by atoms with van der Waals surface area (Å²) >= 11 is 5.63. The Bertz CT molecular complexity index is 370. The second-order valence-corrected chi connectivity index (χ2v) is 11.0. The summed E-state index contributed by atoms with van der Waals surface area (Å²) in [6.45, 7) is 1.75. The maximum atomic E-state index is 9.99. The van der Waals surface area contributed by atoms with Crippen LogP contribution < -0.4 is 0 Å². The van der Waals surface area contributed by atoms with Gasteiger partial charge in [0.25, 0.3) is 0 Å². The topological polar surface area (TPSA) is 151 Å². The van der Waals surface area contributed by atoms with Crippen molar-refractivity contribution in [1.82, 2.24) is 0 Å². The van der Waals surface area contributed by atoms with Crippen LogP contribution in [0.25, 0.3) is 0 Å². The summed E-state index contributed by atoms with van der Waals surface area (Å²) < 4.78 is 5.09. The molecular formula is C10H21O8PS2. The van der Waals surface area contributed by atoms with Crippen LogP contribution in [0.4, 0.5) is 0 Å². The van der Waals surface area contributed by atoms with Gasteiger partial charge in [0, 0.05) is 5.75 Å². The van der Waals surface area contributed by atoms with Gasteiger partial charge in [-0.05, 0) is 18.2 Å². The summed E-state index contributed by atoms with van der Waals surface area (Å²) in [5.41, 5.74) is -3.51. The first kappa shape index (κ1) is 19.7. The van der Waals surface area contributed by atoms with Crippen molar-refractivity contribution in [3.8, 4) is 0 Å². The van der Waals surface area contributed by atoms with Crippen LogP contribution >= 0.6 is 17.1 Å². The molecule has 8 atom stereocenters. The summed E-state index contributed by atoms with van der Waals surface area (Å²) in [7, 11) is 0. The van der Waals surface area contributed by atoms with Crippen molar-refractivity contribution in [3.63, 3.8) is 0 Å². The van der Waals surface area contributed by atoms with E-state index in [0.717, 1.165) is 11.4 Å². The van der Waals surface area contributed by atoms with Crippen LogP contribution in [-0.4, -0.2) is 84.0 Å². The molecule has 1 fully saturated rings. The van der Waals surface area contributed by atoms with Gasteiger partial charge >= 0.3 is 0 Å². The highest BCUT2D eigenvalue weighted by atomic mass is 32.9. The molecule has 1 rings (SSSR count). The van der Waals surface area contributed by atoms with E-state index in [1.807, 2.05) is 0 Å². The Morgan fingerprint density at radius 1 is 1.05 bits per heavy atom. The molecule has 0 aromatic heterocycles. The van der Waals surface area contributed by atoms with Crippen LogP contribution in [0.2, 0.25) is 0 Å². The van der Waals surface area contributed by atoms with Gasteiger partial charge in [0.2, 0.25) is 5.69 Å². The first-order chi connectivity index (χ1) is 9.60. The lowest BCUT2D eigenvalue weighted by Gasteiger charge is -2.42. The minimum atomic E-state index is -3.51. The van der Waals surface area contributed by atoms with Crippen LogP contribution in [0.5, 0.6) is 0 Å². The van der Waals surface area contributed by atoms with E-state index < -0.39 is 48.4 Å². The number of aliphatic hydroxyl groups is 6. The fourth-order valence-corrected chi connectivity index (χ4v) is 5.43. The van der Waals surface area contributed by atoms with Gasteiger partial charge in [-0.3, -0.25) is 0 Å². The molecule has 0 aliphatic heterocycles. The van der Waals surface area contributed by atoms with Gasteiger partial charge < -0.3 is 40.1 Å². The minimum Gasteiger partial charge on any atom is -0.392 e. The summed E-state index contributed by atoms with van der Waals surface area (Å²) in [6.07, 6.45) is -10.4. The van der Waals surface area contributed by atoms with E-state index in [4.69, 9.17) is 16.3 Å². The molecule has 0 spiro atoms. The molecule has 7 N–H and O–H groups in total. The Balaban J connectivity index is 2.72. The van der Waals surface area contributed by atoms with E-state index in [2.05, 4.69) is 0 Å². The minimum absolute atomic E-state index is 0.108. The fourth-order valence-electron chi connectivity index (χ4n) is 1.80. The van der Waals surface area contributed by atoms with Crippen molar-refractivity contribution in [1.29, 1.82) is 0 Å². The molecule has 0 aromatic carbocycles. The van der Waals surface area contributed by atoms with E-state index in [-0.39, 0.29) is 5.75 Å². The fraction of sp³-hybridized carbons (Fsp3) is 1.00. The lowest BCUT2D eigenvalue weighted by atomic mass is 9.85. The van der Waals surface area contributed by atoms with Gasteiger partial charge in [-0.15, -0.1) is 0 Å². The zero-order valence-electron chi connectivity index (χ0n) is 11.3. The summed E-state index contributed by atoms with van der Waals surface area (Å²) in [6, 6.07) is 0. The third-order valence-electron chi connectivity index (χ3n) is 3.23. The van der Waals surface area contributed by atoms with Crippen molar-refractivity contribution < 1.29 is 40.1 Å². The second-order valence-electron chi connectivity index (χ2n) is 4.85. The lowest BCUT2D eigenvalue weighted by Crippen LogP contribution is -2.64. The Hall–Kier alpha value is 0.680. The van der Waals surface area contributed by atoms with E-state index in [0.29, 0.717) is 6.42 Å². The molecular weight excluding hydrogens is 343 g/mol. The SMILES string of the molecule is CC[C@@H](O)CSP(O)(=S)O[C@@H]1[C@H](O)[C@H](O)[C@@H](O)[C@H](O)[C@H]1O. The maximum absolute atomic E-state index is 9.99. The number of rotatable bonds is 6. The third-order valence-corrected chi connectivity index (χ3v) is 7.49. The van der Waals surface area contributed by atoms with Crippen molar-refractivity contribution in [2.24, 2.45) is 0 Å². The largest absolute Gasteiger partial charge is 0.392 e. The molecule has 8 nitrogen and oxygen atoms in total. The first-order valence-electron chi connectivity index (χ1n) is 6.34. The third kappa shape index (κ3) is 5.08. The van der Waals surface area contributed by atoms with Crippen LogP contribution in [0.1, 0.15) is 13.3 Å². The number of aliphatic hydroxyl groups excluding tert-OH is 6. The Morgan fingerprint density at radius 2 is 1.48 bits per heavy atom. The highest BCUT2D eigenvalue weighted by molar-refractivity contribution is 8.67. The molecule has 0 amide bonds. The highest BCUT2D eigenvalue weighted by Gasteiger charge is 2.50. The summed E-state index contributed by atoms with van der Waals surface area (Å²) in [4.78, 5) is 9.99. The van der Waals surface area contributed by atoms with Crippen molar-refractivity contribution in [2.75, 3.05) is 5.75 Å². The lowest BCUT2D eigenvalue weighted by molar-refractivity contribution is -0.216. The molecule has 0 radical (unpaired) electrons. The molecule has 0 aromatic rings. The summed E-state index contributed by atoms with van der Waals surface area (Å²) in [5.74, 6) is 0.108. The van der Waals surface area contributed by atoms with Gasteiger partial charge in [-0.1, -0.05) is 18.3 Å². The molecule has 11 heteroatoms. The van der Waals surface area contributed by atoms with E-state index >= 15 is 0 Å². The standard InChI is InChI=1S/C10H21O8PS2/c1-2-4(11)3-21-19(17,20)18-10-8(15)6(13)5(12)7(14)9(10)16/h4-16H,2-3H2,1H3,(H,17,20)/t4-,5-,6-,7+,8-,9-,10-,19?/m1/s1. The monoisotopic (exact) mass is 364 g/mol. The molecule has 21 heavy (non-hydrogen) atoms. The average Bonchev–Trinajstić information content (AvgIpc) is 2.45. The van der Waals surface area contributed by atoms with Crippen LogP contribution in [0.15, 0.2) is 0 Å². The maximum Gasteiger partial charge on any atom is 0.245 e. The van der Waals surface area contributed by atoms with Crippen molar-refractivity contribution >= 4 is 28.9 Å². The highest BCUT2D eigenvalue weighted by Crippen LogP contribution is 2.58. The van der Waals surface area contributed by atoms with Crippen LogP contribution in [-0.2, 0) is 16.3 Å². The molecule has 0 bridgehead atoms. The second kappa shape index (κ2) is 7.98. The van der Waals surface area contributed by atoms with Crippen molar-refractivity contribution in [2.45, 2.75) is 56.1 Å². The zero-order chi connectivity index (χ0) is 16.4. The predicted molar refractivity (Wildman–Crippen MR) is 80.2 cm³/mol. The Kier molecular flexibility index (Phi) is 7.50. The quantitative estimate of drug-likeness (QED) is 0.261. The zero-order valence-corrected chi connectivity index (χ0v) is 13.8. The number of hydrogen-bond acceptors (Lipinski definition) is 9. The van der Waals surface area contributed by atoms with Crippen LogP contribution in [0, 0.1) is 0 Å². The van der Waals surface area contributed by atoms with Gasteiger partial charge in [0.05, 0.1) is 6.10 Å². The molecule has 126 valence electrons. The van der Waals surface area contributed by atoms with Gasteiger partial charge in [0.15, 0.2) is 0 Å². The molecule has 0 saturated heterocycles. The van der Waals surface area contributed by atoms with Crippen molar-refractivity contribution in [3.05, 3.63) is 0 Å². The van der Waals surface area contributed by atoms with Gasteiger partial charge in [-0.2, -0.15) is 0 Å². The number of hydrogen-bond donors (Lipinski definition) is 7. The van der Waals surface area contributed by atoms with E-state index in [1.54, 1.807) is 6.92 Å². The first-order valence-corrected chi connectivity index (χ1v) is 10.6. The predicted octanol–water partition coefficient (Wildman–Crippen LogP) is -2.09. The average molecular weight is 364 g/mol. The molecule has 1 saturated carbocycles. The Labute approximate surface area is 131 Å². The van der Waals surface area contributed by atoms with Gasteiger partial charge in [-0.25, -0.2) is 0 Å². The molecule has 1 aliphatic rings. The normalized spacial score (nSPS) is 41.5. The van der Waals surface area contributed by atoms with E-state index in [1.165, 1.54) is 0 Å². The summed E-state index contributed by atoms with van der Waals surface area (Å²) in [5, 5.41) is 57.5.